The normalized spacial score (nSPS) is 15.2. The van der Waals surface area contributed by atoms with Gasteiger partial charge in [-0.25, -0.2) is 4.79 Å². The lowest BCUT2D eigenvalue weighted by atomic mass is 10.3. The van der Waals surface area contributed by atoms with Gasteiger partial charge in [-0.1, -0.05) is 0 Å². The number of aromatic carboxylic acids is 1. The monoisotopic (exact) mass is 236 g/mol. The van der Waals surface area contributed by atoms with E-state index in [0.717, 1.165) is 6.54 Å². The van der Waals surface area contributed by atoms with Crippen molar-refractivity contribution in [2.45, 2.75) is 25.4 Å². The maximum absolute atomic E-state index is 11.5. The lowest BCUT2D eigenvalue weighted by Crippen LogP contribution is -2.29. The summed E-state index contributed by atoms with van der Waals surface area (Å²) >= 11 is 0. The van der Waals surface area contributed by atoms with Crippen LogP contribution in [0.3, 0.4) is 0 Å². The van der Waals surface area contributed by atoms with Gasteiger partial charge in [-0.15, -0.1) is 0 Å². The number of rotatable bonds is 5. The van der Waals surface area contributed by atoms with Crippen LogP contribution in [0.4, 0.5) is 0 Å². The summed E-state index contributed by atoms with van der Waals surface area (Å²) in [4.78, 5) is 24.5. The van der Waals surface area contributed by atoms with Crippen LogP contribution < -0.4 is 5.56 Å². The first-order chi connectivity index (χ1) is 8.08. The zero-order chi connectivity index (χ0) is 12.4. The first-order valence-corrected chi connectivity index (χ1v) is 5.72. The van der Waals surface area contributed by atoms with Crippen LogP contribution in [0.5, 0.6) is 0 Å². The minimum Gasteiger partial charge on any atom is -0.478 e. The zero-order valence-corrected chi connectivity index (χ0v) is 9.80. The minimum absolute atomic E-state index is 0.152. The Morgan fingerprint density at radius 2 is 2.24 bits per heavy atom. The van der Waals surface area contributed by atoms with Crippen molar-refractivity contribution >= 4 is 5.97 Å². The Bertz CT molecular complexity index is 477. The third-order valence-corrected chi connectivity index (χ3v) is 3.09. The largest absolute Gasteiger partial charge is 0.478 e. The number of nitrogens with zero attached hydrogens (tertiary/aromatic N) is 2. The van der Waals surface area contributed by atoms with Crippen LogP contribution in [0.15, 0.2) is 23.1 Å². The number of hydrogen-bond acceptors (Lipinski definition) is 3. The van der Waals surface area contributed by atoms with Gasteiger partial charge in [-0.05, 0) is 26.0 Å². The molecule has 0 radical (unpaired) electrons. The predicted octanol–water partition coefficient (Wildman–Crippen LogP) is 0.641. The van der Waals surface area contributed by atoms with Crippen LogP contribution in [0.2, 0.25) is 0 Å². The van der Waals surface area contributed by atoms with Crippen molar-refractivity contribution in [1.29, 1.82) is 0 Å². The first kappa shape index (κ1) is 11.9. The summed E-state index contributed by atoms with van der Waals surface area (Å²) < 4.78 is 1.46. The van der Waals surface area contributed by atoms with Crippen molar-refractivity contribution < 1.29 is 9.90 Å². The predicted molar refractivity (Wildman–Crippen MR) is 63.3 cm³/mol. The molecule has 5 nitrogen and oxygen atoms in total. The standard InChI is InChI=1S/C12H16N2O3/c1-13(10-3-4-10)6-7-14-8-9(12(16)17)2-5-11(14)15/h2,5,8,10H,3-4,6-7H2,1H3,(H,16,17). The van der Waals surface area contributed by atoms with Gasteiger partial charge in [-0.3, -0.25) is 4.79 Å². The molecular formula is C12H16N2O3. The highest BCUT2D eigenvalue weighted by Gasteiger charge is 2.25. The Hall–Kier alpha value is -1.62. The Kier molecular flexibility index (Phi) is 3.28. The molecule has 1 aliphatic carbocycles. The Balaban J connectivity index is 2.05. The molecule has 0 saturated heterocycles. The summed E-state index contributed by atoms with van der Waals surface area (Å²) in [6.07, 6.45) is 3.85. The van der Waals surface area contributed by atoms with Crippen molar-refractivity contribution in [3.05, 3.63) is 34.2 Å². The highest BCUT2D eigenvalue weighted by molar-refractivity contribution is 5.87. The van der Waals surface area contributed by atoms with Gasteiger partial charge in [0.15, 0.2) is 0 Å². The molecule has 92 valence electrons. The molecule has 0 atom stereocenters. The van der Waals surface area contributed by atoms with E-state index in [1.165, 1.54) is 35.7 Å². The van der Waals surface area contributed by atoms with Crippen LogP contribution >= 0.6 is 0 Å². The smallest absolute Gasteiger partial charge is 0.337 e. The Labute approximate surface area is 99.3 Å². The maximum Gasteiger partial charge on any atom is 0.337 e. The number of aromatic nitrogens is 1. The SMILES string of the molecule is CN(CCn1cc(C(=O)O)ccc1=O)C1CC1. The molecule has 1 aliphatic rings. The van der Waals surface area contributed by atoms with Crippen molar-refractivity contribution in [2.24, 2.45) is 0 Å². The molecular weight excluding hydrogens is 220 g/mol. The van der Waals surface area contributed by atoms with Gasteiger partial charge in [0.2, 0.25) is 0 Å². The lowest BCUT2D eigenvalue weighted by Gasteiger charge is -2.16. The van der Waals surface area contributed by atoms with E-state index < -0.39 is 5.97 Å². The van der Waals surface area contributed by atoms with Crippen LogP contribution in [0.25, 0.3) is 0 Å². The average molecular weight is 236 g/mol. The van der Waals surface area contributed by atoms with E-state index in [4.69, 9.17) is 5.11 Å². The van der Waals surface area contributed by atoms with Gasteiger partial charge < -0.3 is 14.6 Å². The average Bonchev–Trinajstić information content (AvgIpc) is 3.11. The van der Waals surface area contributed by atoms with Gasteiger partial charge in [-0.2, -0.15) is 0 Å². The van der Waals surface area contributed by atoms with E-state index in [1.807, 2.05) is 7.05 Å². The minimum atomic E-state index is -1.01. The van der Waals surface area contributed by atoms with Crippen LogP contribution in [-0.4, -0.2) is 40.2 Å². The number of carboxylic acid groups (broad SMARTS) is 1. The van der Waals surface area contributed by atoms with Gasteiger partial charge in [0.1, 0.15) is 0 Å². The van der Waals surface area contributed by atoms with Crippen molar-refractivity contribution in [3.8, 4) is 0 Å². The van der Waals surface area contributed by atoms with E-state index in [1.54, 1.807) is 0 Å². The van der Waals surface area contributed by atoms with E-state index in [2.05, 4.69) is 4.90 Å². The molecule has 1 aromatic rings. The molecule has 5 heteroatoms. The molecule has 0 amide bonds. The summed E-state index contributed by atoms with van der Waals surface area (Å²) in [7, 11) is 2.03. The maximum atomic E-state index is 11.5. The summed E-state index contributed by atoms with van der Waals surface area (Å²) in [5, 5.41) is 8.85. The molecule has 1 aromatic heterocycles. The van der Waals surface area contributed by atoms with E-state index >= 15 is 0 Å². The van der Waals surface area contributed by atoms with E-state index in [-0.39, 0.29) is 11.1 Å². The molecule has 0 aliphatic heterocycles. The van der Waals surface area contributed by atoms with Gasteiger partial charge in [0.25, 0.3) is 5.56 Å². The second-order valence-electron chi connectivity index (χ2n) is 4.47. The Morgan fingerprint density at radius 1 is 1.53 bits per heavy atom. The molecule has 2 rings (SSSR count). The number of pyridine rings is 1. The molecule has 1 heterocycles. The molecule has 1 fully saturated rings. The molecule has 0 spiro atoms. The third kappa shape index (κ3) is 2.94. The number of likely N-dealkylation sites (N-methyl/N-ethyl adjacent to an activating group) is 1. The fourth-order valence-corrected chi connectivity index (χ4v) is 1.80. The van der Waals surface area contributed by atoms with Crippen LogP contribution in [0, 0.1) is 0 Å². The van der Waals surface area contributed by atoms with Crippen molar-refractivity contribution in [2.75, 3.05) is 13.6 Å². The third-order valence-electron chi connectivity index (χ3n) is 3.09. The highest BCUT2D eigenvalue weighted by Crippen LogP contribution is 2.24. The first-order valence-electron chi connectivity index (χ1n) is 5.72. The summed E-state index contributed by atoms with van der Waals surface area (Å²) in [5.74, 6) is -1.01. The molecule has 1 N–H and O–H groups in total. The number of carboxylic acids is 1. The summed E-state index contributed by atoms with van der Waals surface area (Å²) in [5.41, 5.74) is -0.00197. The van der Waals surface area contributed by atoms with Gasteiger partial charge >= 0.3 is 5.97 Å². The molecule has 0 unspecified atom stereocenters. The fraction of sp³-hybridized carbons (Fsp3) is 0.500. The fourth-order valence-electron chi connectivity index (χ4n) is 1.80. The lowest BCUT2D eigenvalue weighted by molar-refractivity contribution is 0.0695. The topological polar surface area (TPSA) is 62.5 Å². The number of hydrogen-bond donors (Lipinski definition) is 1. The molecule has 0 bridgehead atoms. The molecule has 17 heavy (non-hydrogen) atoms. The van der Waals surface area contributed by atoms with Crippen LogP contribution in [0.1, 0.15) is 23.2 Å². The second-order valence-corrected chi connectivity index (χ2v) is 4.47. The van der Waals surface area contributed by atoms with Crippen molar-refractivity contribution in [3.63, 3.8) is 0 Å². The Morgan fingerprint density at radius 3 is 2.82 bits per heavy atom. The van der Waals surface area contributed by atoms with E-state index in [9.17, 15) is 9.59 Å². The summed E-state index contributed by atoms with van der Waals surface area (Å²) in [6.45, 7) is 1.31. The van der Waals surface area contributed by atoms with Gasteiger partial charge in [0, 0.05) is 31.4 Å². The molecule has 1 saturated carbocycles. The summed E-state index contributed by atoms with van der Waals surface area (Å²) in [6, 6.07) is 3.29. The second kappa shape index (κ2) is 4.71. The van der Waals surface area contributed by atoms with E-state index in [0.29, 0.717) is 12.6 Å². The quantitative estimate of drug-likeness (QED) is 0.815. The van der Waals surface area contributed by atoms with Crippen molar-refractivity contribution in [1.82, 2.24) is 9.47 Å². The highest BCUT2D eigenvalue weighted by atomic mass is 16.4. The van der Waals surface area contributed by atoms with Gasteiger partial charge in [0.05, 0.1) is 5.56 Å². The zero-order valence-electron chi connectivity index (χ0n) is 9.80. The molecule has 0 aromatic carbocycles. The number of carbonyl (C=O) groups is 1. The van der Waals surface area contributed by atoms with Crippen LogP contribution in [-0.2, 0) is 6.54 Å².